The molecule has 0 saturated heterocycles. The summed E-state index contributed by atoms with van der Waals surface area (Å²) in [7, 11) is 0. The molecule has 0 aromatic heterocycles. The van der Waals surface area contributed by atoms with Crippen molar-refractivity contribution >= 4 is 11.8 Å². The second kappa shape index (κ2) is 9.79. The van der Waals surface area contributed by atoms with Gasteiger partial charge in [-0.15, -0.1) is 0 Å². The molecule has 1 aliphatic rings. The molecule has 4 nitrogen and oxygen atoms in total. The highest BCUT2D eigenvalue weighted by molar-refractivity contribution is 5.89. The molecule has 2 aromatic carbocycles. The van der Waals surface area contributed by atoms with Crippen LogP contribution in [-0.4, -0.2) is 23.9 Å². The van der Waals surface area contributed by atoms with Crippen LogP contribution in [0.5, 0.6) is 0 Å². The third kappa shape index (κ3) is 6.74. The zero-order valence-electron chi connectivity index (χ0n) is 23.3. The summed E-state index contributed by atoms with van der Waals surface area (Å²) < 4.78 is 6.69. The van der Waals surface area contributed by atoms with Crippen molar-refractivity contribution in [1.29, 1.82) is 0 Å². The Bertz CT molecular complexity index is 1030. The molecule has 0 spiro atoms. The Balaban J connectivity index is 2.11. The summed E-state index contributed by atoms with van der Waals surface area (Å²) in [6.07, 6.45) is 0.559. The molecular formula is C31H44N2O2. The SMILES string of the molecule is CC(=O)NC(C1=N[C@@H](Cc2ccccc2)[C@H](c2cc(C(C)(C)C)cc(C(C)(C)C)c2)O1)C(C)(C)C. The molecule has 3 rings (SSSR count). The summed E-state index contributed by atoms with van der Waals surface area (Å²) in [5.41, 5.74) is 4.76. The molecule has 1 unspecified atom stereocenters. The lowest BCUT2D eigenvalue weighted by molar-refractivity contribution is -0.120. The van der Waals surface area contributed by atoms with E-state index in [-0.39, 0.29) is 40.3 Å². The van der Waals surface area contributed by atoms with Gasteiger partial charge in [-0.1, -0.05) is 111 Å². The van der Waals surface area contributed by atoms with E-state index in [4.69, 9.17) is 9.73 Å². The van der Waals surface area contributed by atoms with E-state index in [0.717, 1.165) is 12.0 Å². The van der Waals surface area contributed by atoms with Crippen LogP contribution in [0.15, 0.2) is 53.5 Å². The van der Waals surface area contributed by atoms with Crippen LogP contribution in [-0.2, 0) is 26.8 Å². The van der Waals surface area contributed by atoms with Gasteiger partial charge in [0.15, 0.2) is 0 Å². The van der Waals surface area contributed by atoms with Gasteiger partial charge in [0, 0.05) is 6.92 Å². The Morgan fingerprint density at radius 1 is 0.914 bits per heavy atom. The average Bonchev–Trinajstić information content (AvgIpc) is 3.13. The summed E-state index contributed by atoms with van der Waals surface area (Å²) in [5, 5.41) is 3.09. The van der Waals surface area contributed by atoms with Gasteiger partial charge in [-0.2, -0.15) is 0 Å². The molecule has 0 saturated carbocycles. The second-order valence-corrected chi connectivity index (χ2v) is 13.1. The van der Waals surface area contributed by atoms with Crippen LogP contribution in [0.2, 0.25) is 0 Å². The maximum absolute atomic E-state index is 12.1. The van der Waals surface area contributed by atoms with Gasteiger partial charge in [0.1, 0.15) is 12.1 Å². The summed E-state index contributed by atoms with van der Waals surface area (Å²) >= 11 is 0. The van der Waals surface area contributed by atoms with Crippen molar-refractivity contribution in [3.63, 3.8) is 0 Å². The first-order chi connectivity index (χ1) is 16.1. The predicted molar refractivity (Wildman–Crippen MR) is 146 cm³/mol. The van der Waals surface area contributed by atoms with Crippen LogP contribution < -0.4 is 5.32 Å². The van der Waals surface area contributed by atoms with E-state index in [2.05, 4.69) is 110 Å². The van der Waals surface area contributed by atoms with Gasteiger partial charge in [-0.05, 0) is 44.9 Å². The molecule has 3 atom stereocenters. The van der Waals surface area contributed by atoms with Crippen LogP contribution >= 0.6 is 0 Å². The third-order valence-electron chi connectivity index (χ3n) is 6.65. The fraction of sp³-hybridized carbons (Fsp3) is 0.548. The molecule has 1 heterocycles. The largest absolute Gasteiger partial charge is 0.469 e. The van der Waals surface area contributed by atoms with Crippen molar-refractivity contribution in [2.24, 2.45) is 10.4 Å². The monoisotopic (exact) mass is 476 g/mol. The van der Waals surface area contributed by atoms with Gasteiger partial charge in [0.2, 0.25) is 11.8 Å². The van der Waals surface area contributed by atoms with Crippen LogP contribution in [0.3, 0.4) is 0 Å². The lowest BCUT2D eigenvalue weighted by atomic mass is 9.78. The number of hydrogen-bond acceptors (Lipinski definition) is 3. The lowest BCUT2D eigenvalue weighted by Crippen LogP contribution is -2.48. The Labute approximate surface area is 212 Å². The number of nitrogens with one attached hydrogen (secondary N) is 1. The van der Waals surface area contributed by atoms with Gasteiger partial charge in [-0.25, -0.2) is 4.99 Å². The van der Waals surface area contributed by atoms with E-state index in [9.17, 15) is 4.79 Å². The van der Waals surface area contributed by atoms with Crippen LogP contribution in [0, 0.1) is 5.41 Å². The smallest absolute Gasteiger partial charge is 0.217 e. The number of amides is 1. The van der Waals surface area contributed by atoms with Gasteiger partial charge in [-0.3, -0.25) is 4.79 Å². The number of benzene rings is 2. The van der Waals surface area contributed by atoms with Crippen molar-refractivity contribution < 1.29 is 9.53 Å². The minimum absolute atomic E-state index is 0.0113. The molecule has 0 radical (unpaired) electrons. The molecule has 2 aromatic rings. The first-order valence-electron chi connectivity index (χ1n) is 12.8. The molecule has 190 valence electrons. The van der Waals surface area contributed by atoms with Crippen molar-refractivity contribution in [2.45, 2.75) is 105 Å². The number of carbonyl (C=O) groups is 1. The Kier molecular flexibility index (Phi) is 7.55. The molecule has 0 aliphatic carbocycles. The van der Waals surface area contributed by atoms with Crippen molar-refractivity contribution in [2.75, 3.05) is 0 Å². The number of carbonyl (C=O) groups excluding carboxylic acids is 1. The number of aliphatic imine (C=N–C) groups is 1. The van der Waals surface area contributed by atoms with E-state index in [1.807, 2.05) is 6.07 Å². The number of ether oxygens (including phenoxy) is 1. The standard InChI is InChI=1S/C31H44N2O2/c1-20(34)32-27(31(8,9)10)28-33-25(16-21-14-12-11-13-15-21)26(35-28)22-17-23(29(2,3)4)19-24(18-22)30(5,6)7/h11-15,17-19,25-27H,16H2,1-10H3,(H,32,34)/t25-,26-,27?/m0/s1. The molecule has 1 aliphatic heterocycles. The molecule has 0 bridgehead atoms. The highest BCUT2D eigenvalue weighted by Crippen LogP contribution is 2.39. The molecule has 1 N–H and O–H groups in total. The van der Waals surface area contributed by atoms with Crippen LogP contribution in [0.4, 0.5) is 0 Å². The first kappa shape index (κ1) is 27.0. The topological polar surface area (TPSA) is 50.7 Å². The summed E-state index contributed by atoms with van der Waals surface area (Å²) in [6, 6.07) is 17.0. The Morgan fingerprint density at radius 2 is 1.46 bits per heavy atom. The van der Waals surface area contributed by atoms with Crippen LogP contribution in [0.1, 0.15) is 97.6 Å². The number of rotatable bonds is 5. The number of nitrogens with zero attached hydrogens (tertiary/aromatic N) is 1. The summed E-state index contributed by atoms with van der Waals surface area (Å²) in [4.78, 5) is 17.2. The Morgan fingerprint density at radius 3 is 1.91 bits per heavy atom. The fourth-order valence-corrected chi connectivity index (χ4v) is 4.45. The van der Waals surface area contributed by atoms with Gasteiger partial charge in [0.25, 0.3) is 0 Å². The predicted octanol–water partition coefficient (Wildman–Crippen LogP) is 6.91. The van der Waals surface area contributed by atoms with E-state index in [1.54, 1.807) is 6.92 Å². The minimum atomic E-state index is -0.295. The van der Waals surface area contributed by atoms with Crippen molar-refractivity contribution in [3.05, 3.63) is 70.8 Å². The maximum Gasteiger partial charge on any atom is 0.217 e. The molecular weight excluding hydrogens is 432 g/mol. The molecule has 4 heteroatoms. The zero-order valence-corrected chi connectivity index (χ0v) is 23.3. The third-order valence-corrected chi connectivity index (χ3v) is 6.65. The van der Waals surface area contributed by atoms with Gasteiger partial charge < -0.3 is 10.1 Å². The molecule has 0 fully saturated rings. The lowest BCUT2D eigenvalue weighted by Gasteiger charge is -2.31. The highest BCUT2D eigenvalue weighted by atomic mass is 16.5. The number of hydrogen-bond donors (Lipinski definition) is 1. The average molecular weight is 477 g/mol. The van der Waals surface area contributed by atoms with E-state index in [0.29, 0.717) is 5.90 Å². The van der Waals surface area contributed by atoms with Gasteiger partial charge in [0.05, 0.1) is 6.04 Å². The van der Waals surface area contributed by atoms with E-state index >= 15 is 0 Å². The summed E-state index contributed by atoms with van der Waals surface area (Å²) in [6.45, 7) is 21.4. The fourth-order valence-electron chi connectivity index (χ4n) is 4.45. The highest BCUT2D eigenvalue weighted by Gasteiger charge is 2.41. The maximum atomic E-state index is 12.1. The van der Waals surface area contributed by atoms with Crippen LogP contribution in [0.25, 0.3) is 0 Å². The molecule has 35 heavy (non-hydrogen) atoms. The second-order valence-electron chi connectivity index (χ2n) is 13.1. The van der Waals surface area contributed by atoms with Crippen molar-refractivity contribution in [1.82, 2.24) is 5.32 Å². The summed E-state index contributed by atoms with van der Waals surface area (Å²) in [5.74, 6) is 0.543. The zero-order chi connectivity index (χ0) is 26.2. The first-order valence-corrected chi connectivity index (χ1v) is 12.8. The normalized spacial score (nSPS) is 19.7. The molecule has 1 amide bonds. The minimum Gasteiger partial charge on any atom is -0.469 e. The van der Waals surface area contributed by atoms with Gasteiger partial charge >= 0.3 is 0 Å². The van der Waals surface area contributed by atoms with E-state index < -0.39 is 0 Å². The van der Waals surface area contributed by atoms with E-state index in [1.165, 1.54) is 16.7 Å². The van der Waals surface area contributed by atoms with Crippen molar-refractivity contribution in [3.8, 4) is 0 Å². The Hall–Kier alpha value is -2.62. The quantitative estimate of drug-likeness (QED) is 0.509.